The van der Waals surface area contributed by atoms with E-state index in [0.29, 0.717) is 6.07 Å². The van der Waals surface area contributed by atoms with Crippen LogP contribution >= 0.6 is 0 Å². The van der Waals surface area contributed by atoms with Crippen LogP contribution in [0.3, 0.4) is 0 Å². The van der Waals surface area contributed by atoms with E-state index in [9.17, 15) is 23.7 Å². The Morgan fingerprint density at radius 2 is 2.06 bits per heavy atom. The molecule has 0 fully saturated rings. The second-order valence-corrected chi connectivity index (χ2v) is 3.42. The lowest BCUT2D eigenvalue weighted by Gasteiger charge is -2.08. The molecule has 0 saturated heterocycles. The molecule has 0 aliphatic heterocycles. The van der Waals surface area contributed by atoms with Crippen LogP contribution in [0, 0.1) is 21.7 Å². The molecule has 1 aromatic rings. The summed E-state index contributed by atoms with van der Waals surface area (Å²) in [4.78, 5) is 20.4. The van der Waals surface area contributed by atoms with Crippen molar-refractivity contribution in [1.82, 2.24) is 5.32 Å². The molecule has 1 amide bonds. The van der Waals surface area contributed by atoms with Gasteiger partial charge in [0.05, 0.1) is 4.92 Å². The highest BCUT2D eigenvalue weighted by Crippen LogP contribution is 2.28. The van der Waals surface area contributed by atoms with E-state index in [2.05, 4.69) is 10.6 Å². The van der Waals surface area contributed by atoms with Crippen LogP contribution in [-0.2, 0) is 4.79 Å². The van der Waals surface area contributed by atoms with Crippen LogP contribution in [0.2, 0.25) is 0 Å². The monoisotopic (exact) mass is 259 g/mol. The van der Waals surface area contributed by atoms with E-state index < -0.39 is 27.9 Å². The van der Waals surface area contributed by atoms with Crippen molar-refractivity contribution in [1.29, 1.82) is 0 Å². The highest BCUT2D eigenvalue weighted by Gasteiger charge is 2.20. The zero-order valence-corrected chi connectivity index (χ0v) is 9.50. The number of hydrogen-bond acceptors (Lipinski definition) is 4. The number of nitro groups is 1. The molecular formula is C10H11F2N3O3. The Hall–Kier alpha value is -2.25. The maximum atomic E-state index is 13.4. The Morgan fingerprint density at radius 1 is 1.39 bits per heavy atom. The molecule has 1 rings (SSSR count). The molecular weight excluding hydrogens is 248 g/mol. The van der Waals surface area contributed by atoms with Crippen LogP contribution in [0.5, 0.6) is 0 Å². The van der Waals surface area contributed by atoms with E-state index in [1.54, 1.807) is 0 Å². The molecule has 1 aromatic carbocycles. The number of carbonyl (C=O) groups is 1. The largest absolute Gasteiger partial charge is 0.375 e. The lowest BCUT2D eigenvalue weighted by Crippen LogP contribution is -2.26. The van der Waals surface area contributed by atoms with Gasteiger partial charge >= 0.3 is 0 Å². The van der Waals surface area contributed by atoms with E-state index in [-0.39, 0.29) is 19.0 Å². The quantitative estimate of drug-likeness (QED) is 0.476. The van der Waals surface area contributed by atoms with E-state index in [1.807, 2.05) is 0 Å². The molecule has 0 unspecified atom stereocenters. The van der Waals surface area contributed by atoms with E-state index in [0.717, 1.165) is 6.07 Å². The average molecular weight is 259 g/mol. The zero-order chi connectivity index (χ0) is 13.7. The van der Waals surface area contributed by atoms with Crippen molar-refractivity contribution in [2.75, 3.05) is 18.4 Å². The highest BCUT2D eigenvalue weighted by atomic mass is 19.2. The fraction of sp³-hybridized carbons (Fsp3) is 0.300. The minimum atomic E-state index is -1.31. The van der Waals surface area contributed by atoms with Gasteiger partial charge in [-0.2, -0.15) is 0 Å². The third-order valence-electron chi connectivity index (χ3n) is 2.07. The molecule has 0 saturated carbocycles. The predicted molar refractivity (Wildman–Crippen MR) is 60.2 cm³/mol. The molecule has 18 heavy (non-hydrogen) atoms. The SMILES string of the molecule is CC(=O)NCCNc1c([N+](=O)[O-])ccc(F)c1F. The van der Waals surface area contributed by atoms with Gasteiger partial charge in [0.25, 0.3) is 5.69 Å². The predicted octanol–water partition coefficient (Wildman–Crippen LogP) is 1.42. The maximum Gasteiger partial charge on any atom is 0.295 e. The normalized spacial score (nSPS) is 9.94. The smallest absolute Gasteiger partial charge is 0.295 e. The summed E-state index contributed by atoms with van der Waals surface area (Å²) in [6.07, 6.45) is 0. The van der Waals surface area contributed by atoms with Crippen molar-refractivity contribution >= 4 is 17.3 Å². The molecule has 6 nitrogen and oxygen atoms in total. The van der Waals surface area contributed by atoms with Crippen molar-refractivity contribution in [3.8, 4) is 0 Å². The Bertz CT molecular complexity index is 480. The summed E-state index contributed by atoms with van der Waals surface area (Å²) < 4.78 is 26.3. The van der Waals surface area contributed by atoms with E-state index >= 15 is 0 Å². The second-order valence-electron chi connectivity index (χ2n) is 3.42. The Balaban J connectivity index is 2.82. The van der Waals surface area contributed by atoms with Crippen molar-refractivity contribution in [2.24, 2.45) is 0 Å². The number of amides is 1. The molecule has 0 spiro atoms. The van der Waals surface area contributed by atoms with Crippen LogP contribution in [0.25, 0.3) is 0 Å². The summed E-state index contributed by atoms with van der Waals surface area (Å²) in [5.41, 5.74) is -1.08. The first-order valence-electron chi connectivity index (χ1n) is 5.04. The Labute approximate surface area is 101 Å². The standard InChI is InChI=1S/C10H11F2N3O3/c1-6(16)13-4-5-14-10-8(15(17)18)3-2-7(11)9(10)12/h2-3,14H,4-5H2,1H3,(H,13,16). The molecule has 0 aliphatic rings. The first-order chi connectivity index (χ1) is 8.43. The van der Waals surface area contributed by atoms with E-state index in [4.69, 9.17) is 0 Å². The number of hydrogen-bond donors (Lipinski definition) is 2. The number of benzene rings is 1. The van der Waals surface area contributed by atoms with Gasteiger partial charge in [-0.05, 0) is 6.07 Å². The van der Waals surface area contributed by atoms with Gasteiger partial charge in [-0.3, -0.25) is 14.9 Å². The van der Waals surface area contributed by atoms with Gasteiger partial charge in [0.2, 0.25) is 5.91 Å². The first kappa shape index (κ1) is 13.8. The fourth-order valence-corrected chi connectivity index (χ4v) is 1.29. The summed E-state index contributed by atoms with van der Waals surface area (Å²) in [5, 5.41) is 15.4. The number of nitrogens with one attached hydrogen (secondary N) is 2. The molecule has 0 aliphatic carbocycles. The first-order valence-corrected chi connectivity index (χ1v) is 5.04. The average Bonchev–Trinajstić information content (AvgIpc) is 2.29. The minimum Gasteiger partial charge on any atom is -0.375 e. The van der Waals surface area contributed by atoms with Gasteiger partial charge in [0, 0.05) is 26.1 Å². The third kappa shape index (κ3) is 3.37. The second kappa shape index (κ2) is 5.89. The maximum absolute atomic E-state index is 13.4. The third-order valence-corrected chi connectivity index (χ3v) is 2.07. The molecule has 98 valence electrons. The van der Waals surface area contributed by atoms with Crippen LogP contribution in [0.1, 0.15) is 6.92 Å². The highest BCUT2D eigenvalue weighted by molar-refractivity contribution is 5.72. The van der Waals surface area contributed by atoms with Gasteiger partial charge in [0.15, 0.2) is 17.3 Å². The molecule has 8 heteroatoms. The van der Waals surface area contributed by atoms with Crippen LogP contribution in [0.15, 0.2) is 12.1 Å². The molecule has 0 radical (unpaired) electrons. The van der Waals surface area contributed by atoms with Crippen molar-refractivity contribution < 1.29 is 18.5 Å². The minimum absolute atomic E-state index is 0.0425. The Morgan fingerprint density at radius 3 is 2.61 bits per heavy atom. The number of nitro benzene ring substituents is 1. The fourth-order valence-electron chi connectivity index (χ4n) is 1.29. The van der Waals surface area contributed by atoms with Crippen molar-refractivity contribution in [3.05, 3.63) is 33.9 Å². The lowest BCUT2D eigenvalue weighted by atomic mass is 10.2. The molecule has 2 N–H and O–H groups in total. The number of anilines is 1. The Kier molecular flexibility index (Phi) is 4.52. The van der Waals surface area contributed by atoms with Gasteiger partial charge < -0.3 is 10.6 Å². The summed E-state index contributed by atoms with van der Waals surface area (Å²) in [7, 11) is 0. The number of halogens is 2. The molecule has 0 heterocycles. The topological polar surface area (TPSA) is 84.3 Å². The van der Waals surface area contributed by atoms with Gasteiger partial charge in [-0.25, -0.2) is 8.78 Å². The summed E-state index contributed by atoms with van der Waals surface area (Å²) in [5.74, 6) is -2.78. The van der Waals surface area contributed by atoms with Crippen molar-refractivity contribution in [3.63, 3.8) is 0 Å². The lowest BCUT2D eigenvalue weighted by molar-refractivity contribution is -0.384. The van der Waals surface area contributed by atoms with Crippen molar-refractivity contribution in [2.45, 2.75) is 6.92 Å². The zero-order valence-electron chi connectivity index (χ0n) is 9.50. The van der Waals surface area contributed by atoms with Crippen LogP contribution in [0.4, 0.5) is 20.2 Å². The molecule has 0 aromatic heterocycles. The van der Waals surface area contributed by atoms with Crippen LogP contribution in [-0.4, -0.2) is 23.9 Å². The summed E-state index contributed by atoms with van der Waals surface area (Å²) >= 11 is 0. The van der Waals surface area contributed by atoms with Gasteiger partial charge in [-0.15, -0.1) is 0 Å². The molecule has 0 atom stereocenters. The number of carbonyl (C=O) groups excluding carboxylic acids is 1. The summed E-state index contributed by atoms with van der Waals surface area (Å²) in [6.45, 7) is 1.48. The van der Waals surface area contributed by atoms with Gasteiger partial charge in [-0.1, -0.05) is 0 Å². The van der Waals surface area contributed by atoms with E-state index in [1.165, 1.54) is 6.92 Å². The number of rotatable bonds is 5. The number of nitrogens with zero attached hydrogens (tertiary/aromatic N) is 1. The summed E-state index contributed by atoms with van der Waals surface area (Å²) in [6, 6.07) is 1.56. The molecule has 0 bridgehead atoms. The van der Waals surface area contributed by atoms with Gasteiger partial charge in [0.1, 0.15) is 0 Å². The van der Waals surface area contributed by atoms with Crippen LogP contribution < -0.4 is 10.6 Å².